The highest BCUT2D eigenvalue weighted by atomic mass is 79.9. The van der Waals surface area contributed by atoms with E-state index in [4.69, 9.17) is 0 Å². The molecule has 0 unspecified atom stereocenters. The Morgan fingerprint density at radius 1 is 1.00 bits per heavy atom. The second-order valence-electron chi connectivity index (χ2n) is 4.14. The van der Waals surface area contributed by atoms with E-state index in [1.54, 1.807) is 12.1 Å². The predicted molar refractivity (Wildman–Crippen MR) is 72.2 cm³/mol. The number of rotatable bonds is 8. The van der Waals surface area contributed by atoms with Crippen molar-refractivity contribution in [3.63, 3.8) is 0 Å². The maximum atomic E-state index is 12.7. The predicted octanol–water partition coefficient (Wildman–Crippen LogP) is 4.74. The lowest BCUT2D eigenvalue weighted by Crippen LogP contribution is -1.98. The Kier molecular flexibility index (Phi) is 7.10. The standard InChI is InChI=1S/C14H18BrFO/c15-11-5-3-1-2-4-6-14(17)12-7-9-13(16)10-8-12/h7-10H,1-6,11H2. The first-order valence-electron chi connectivity index (χ1n) is 6.09. The third-order valence-electron chi connectivity index (χ3n) is 2.70. The average Bonchev–Trinajstić information content (AvgIpc) is 2.34. The molecule has 1 rings (SSSR count). The topological polar surface area (TPSA) is 17.1 Å². The SMILES string of the molecule is O=C(CCCCCCCBr)c1ccc(F)cc1. The molecular formula is C14H18BrFO. The minimum absolute atomic E-state index is 0.116. The number of hydrogen-bond donors (Lipinski definition) is 0. The Morgan fingerprint density at radius 2 is 1.59 bits per heavy atom. The van der Waals surface area contributed by atoms with Crippen molar-refractivity contribution < 1.29 is 9.18 Å². The van der Waals surface area contributed by atoms with Gasteiger partial charge < -0.3 is 0 Å². The van der Waals surface area contributed by atoms with Crippen LogP contribution in [-0.4, -0.2) is 11.1 Å². The van der Waals surface area contributed by atoms with Gasteiger partial charge in [0.25, 0.3) is 0 Å². The molecule has 0 saturated heterocycles. The zero-order chi connectivity index (χ0) is 12.5. The molecule has 0 atom stereocenters. The summed E-state index contributed by atoms with van der Waals surface area (Å²) in [5, 5.41) is 1.06. The summed E-state index contributed by atoms with van der Waals surface area (Å²) in [6.45, 7) is 0. The molecule has 3 heteroatoms. The molecule has 0 amide bonds. The van der Waals surface area contributed by atoms with Crippen LogP contribution in [0.2, 0.25) is 0 Å². The third-order valence-corrected chi connectivity index (χ3v) is 3.26. The van der Waals surface area contributed by atoms with Crippen LogP contribution < -0.4 is 0 Å². The first kappa shape index (κ1) is 14.4. The minimum atomic E-state index is -0.295. The van der Waals surface area contributed by atoms with E-state index >= 15 is 0 Å². The summed E-state index contributed by atoms with van der Waals surface area (Å²) in [7, 11) is 0. The fourth-order valence-corrected chi connectivity index (χ4v) is 2.09. The summed E-state index contributed by atoms with van der Waals surface area (Å²) >= 11 is 3.39. The number of alkyl halides is 1. The Bertz CT molecular complexity index is 335. The van der Waals surface area contributed by atoms with Gasteiger partial charge in [-0.15, -0.1) is 0 Å². The van der Waals surface area contributed by atoms with Crippen LogP contribution in [0, 0.1) is 5.82 Å². The largest absolute Gasteiger partial charge is 0.294 e. The van der Waals surface area contributed by atoms with E-state index < -0.39 is 0 Å². The van der Waals surface area contributed by atoms with Crippen molar-refractivity contribution in [2.24, 2.45) is 0 Å². The fourth-order valence-electron chi connectivity index (χ4n) is 1.69. The van der Waals surface area contributed by atoms with Gasteiger partial charge in [0.1, 0.15) is 5.82 Å². The molecule has 0 bridgehead atoms. The van der Waals surface area contributed by atoms with Gasteiger partial charge in [-0.05, 0) is 37.1 Å². The quantitative estimate of drug-likeness (QED) is 0.385. The first-order valence-corrected chi connectivity index (χ1v) is 7.21. The van der Waals surface area contributed by atoms with Crippen LogP contribution in [-0.2, 0) is 0 Å². The van der Waals surface area contributed by atoms with E-state index in [0.717, 1.165) is 18.2 Å². The maximum Gasteiger partial charge on any atom is 0.162 e. The van der Waals surface area contributed by atoms with E-state index in [1.807, 2.05) is 0 Å². The summed E-state index contributed by atoms with van der Waals surface area (Å²) in [6.07, 6.45) is 6.20. The van der Waals surface area contributed by atoms with E-state index in [2.05, 4.69) is 15.9 Å². The molecule has 94 valence electrons. The van der Waals surface area contributed by atoms with Gasteiger partial charge in [-0.3, -0.25) is 4.79 Å². The number of ketones is 1. The Labute approximate surface area is 111 Å². The second kappa shape index (κ2) is 8.40. The zero-order valence-corrected chi connectivity index (χ0v) is 11.5. The molecule has 0 fully saturated rings. The van der Waals surface area contributed by atoms with E-state index in [0.29, 0.717) is 12.0 Å². The molecule has 0 aliphatic carbocycles. The minimum Gasteiger partial charge on any atom is -0.294 e. The second-order valence-corrected chi connectivity index (χ2v) is 4.93. The highest BCUT2D eigenvalue weighted by molar-refractivity contribution is 9.09. The summed E-state index contributed by atoms with van der Waals surface area (Å²) in [5.74, 6) is -0.179. The number of Topliss-reactive ketones (excluding diaryl/α,β-unsaturated/α-hetero) is 1. The summed E-state index contributed by atoms with van der Waals surface area (Å²) in [5.41, 5.74) is 0.617. The van der Waals surface area contributed by atoms with Gasteiger partial charge in [-0.25, -0.2) is 4.39 Å². The molecule has 0 aromatic heterocycles. The molecule has 1 nitrogen and oxygen atoms in total. The van der Waals surface area contributed by atoms with Crippen LogP contribution in [0.3, 0.4) is 0 Å². The fraction of sp³-hybridized carbons (Fsp3) is 0.500. The normalized spacial score (nSPS) is 10.5. The van der Waals surface area contributed by atoms with Gasteiger partial charge in [0.15, 0.2) is 5.78 Å². The van der Waals surface area contributed by atoms with Gasteiger partial charge in [0.05, 0.1) is 0 Å². The van der Waals surface area contributed by atoms with Gasteiger partial charge in [-0.2, -0.15) is 0 Å². The molecule has 0 N–H and O–H groups in total. The molecule has 0 saturated carbocycles. The molecule has 1 aromatic rings. The highest BCUT2D eigenvalue weighted by Gasteiger charge is 2.05. The number of hydrogen-bond acceptors (Lipinski definition) is 1. The van der Waals surface area contributed by atoms with Crippen LogP contribution >= 0.6 is 15.9 Å². The van der Waals surface area contributed by atoms with Gasteiger partial charge in [0, 0.05) is 17.3 Å². The lowest BCUT2D eigenvalue weighted by Gasteiger charge is -2.01. The number of benzene rings is 1. The molecule has 0 radical (unpaired) electrons. The molecule has 0 aliphatic heterocycles. The van der Waals surface area contributed by atoms with Crippen LogP contribution in [0.25, 0.3) is 0 Å². The Hall–Kier alpha value is -0.700. The lowest BCUT2D eigenvalue weighted by molar-refractivity contribution is 0.0979. The molecule has 0 heterocycles. The monoisotopic (exact) mass is 300 g/mol. The van der Waals surface area contributed by atoms with E-state index in [-0.39, 0.29) is 11.6 Å². The smallest absolute Gasteiger partial charge is 0.162 e. The first-order chi connectivity index (χ1) is 8.24. The Balaban J connectivity index is 2.19. The van der Waals surface area contributed by atoms with Crippen molar-refractivity contribution >= 4 is 21.7 Å². The molecule has 1 aromatic carbocycles. The van der Waals surface area contributed by atoms with Gasteiger partial charge >= 0.3 is 0 Å². The van der Waals surface area contributed by atoms with Crippen LogP contribution in [0.5, 0.6) is 0 Å². The van der Waals surface area contributed by atoms with Crippen molar-refractivity contribution in [2.45, 2.75) is 38.5 Å². The van der Waals surface area contributed by atoms with Crippen molar-refractivity contribution in [1.29, 1.82) is 0 Å². The number of halogens is 2. The summed E-state index contributed by atoms with van der Waals surface area (Å²) < 4.78 is 12.7. The number of carbonyl (C=O) groups excluding carboxylic acids is 1. The average molecular weight is 301 g/mol. The lowest BCUT2D eigenvalue weighted by atomic mass is 10.0. The highest BCUT2D eigenvalue weighted by Crippen LogP contribution is 2.11. The third kappa shape index (κ3) is 5.97. The molecule has 0 aliphatic rings. The van der Waals surface area contributed by atoms with Crippen molar-refractivity contribution in [3.8, 4) is 0 Å². The van der Waals surface area contributed by atoms with Crippen molar-refractivity contribution in [3.05, 3.63) is 35.6 Å². The molecule has 0 spiro atoms. The van der Waals surface area contributed by atoms with Crippen molar-refractivity contribution in [2.75, 3.05) is 5.33 Å². The molecule has 17 heavy (non-hydrogen) atoms. The van der Waals surface area contributed by atoms with Gasteiger partial charge in [0.2, 0.25) is 0 Å². The zero-order valence-electron chi connectivity index (χ0n) is 9.92. The molecular weight excluding hydrogens is 283 g/mol. The van der Waals surface area contributed by atoms with Gasteiger partial charge in [-0.1, -0.05) is 35.2 Å². The van der Waals surface area contributed by atoms with Crippen molar-refractivity contribution in [1.82, 2.24) is 0 Å². The summed E-state index contributed by atoms with van der Waals surface area (Å²) in [4.78, 5) is 11.7. The Morgan fingerprint density at radius 3 is 2.24 bits per heavy atom. The summed E-state index contributed by atoms with van der Waals surface area (Å²) in [6, 6.07) is 5.79. The number of carbonyl (C=O) groups is 1. The maximum absolute atomic E-state index is 12.7. The number of unbranched alkanes of at least 4 members (excludes halogenated alkanes) is 4. The van der Waals surface area contributed by atoms with Crippen LogP contribution in [0.4, 0.5) is 4.39 Å². The van der Waals surface area contributed by atoms with Crippen LogP contribution in [0.15, 0.2) is 24.3 Å². The van der Waals surface area contributed by atoms with E-state index in [9.17, 15) is 9.18 Å². The van der Waals surface area contributed by atoms with Crippen LogP contribution in [0.1, 0.15) is 48.9 Å². The van der Waals surface area contributed by atoms with E-state index in [1.165, 1.54) is 31.4 Å².